The average Bonchev–Trinajstić information content (AvgIpc) is 3.21. The van der Waals surface area contributed by atoms with Gasteiger partial charge in [-0.05, 0) is 25.7 Å². The molecule has 0 aliphatic carbocycles. The Morgan fingerprint density at radius 3 is 1.07 bits per heavy atom. The molecule has 0 aromatic heterocycles. The summed E-state index contributed by atoms with van der Waals surface area (Å²) < 4.78 is 5.45. The Labute approximate surface area is 356 Å². The first-order valence-corrected chi connectivity index (χ1v) is 25.8. The zero-order valence-corrected chi connectivity index (χ0v) is 38.6. The molecule has 0 aliphatic heterocycles. The van der Waals surface area contributed by atoms with Gasteiger partial charge in [-0.1, -0.05) is 251 Å². The first-order chi connectivity index (χ1) is 28.0. The quantitative estimate of drug-likeness (QED) is 0.0420. The van der Waals surface area contributed by atoms with E-state index in [-0.39, 0.29) is 18.5 Å². The number of rotatable bonds is 48. The fourth-order valence-corrected chi connectivity index (χ4v) is 8.17. The molecule has 0 fully saturated rings. The third kappa shape index (κ3) is 44.2. The van der Waals surface area contributed by atoms with Crippen molar-refractivity contribution in [3.8, 4) is 0 Å². The maximum atomic E-state index is 12.4. The molecular weight excluding hydrogens is 707 g/mol. The minimum atomic E-state index is -0.662. The average molecular weight is 808 g/mol. The van der Waals surface area contributed by atoms with Crippen LogP contribution in [0.3, 0.4) is 0 Å². The van der Waals surface area contributed by atoms with Gasteiger partial charge in [-0.3, -0.25) is 9.59 Å². The number of carbonyl (C=O) groups is 2. The topological polar surface area (TPSA) is 95.9 Å². The lowest BCUT2D eigenvalue weighted by Gasteiger charge is -2.22. The van der Waals surface area contributed by atoms with Crippen LogP contribution in [0.4, 0.5) is 0 Å². The summed E-state index contributed by atoms with van der Waals surface area (Å²) in [5.74, 6) is -0.0295. The molecule has 57 heavy (non-hydrogen) atoms. The van der Waals surface area contributed by atoms with Crippen molar-refractivity contribution in [3.05, 3.63) is 0 Å². The monoisotopic (exact) mass is 808 g/mol. The van der Waals surface area contributed by atoms with Gasteiger partial charge in [0.15, 0.2) is 0 Å². The molecule has 0 aliphatic rings. The SMILES string of the molecule is CCCCCCCCCCCCCC(=O)OCCCCCCCCCCCCCCCCCCCCCC(=O)NC(CO)C(O)CCCCCCCCCCCC. The molecule has 1 amide bonds. The Morgan fingerprint density at radius 2 is 0.719 bits per heavy atom. The number of unbranched alkanes of at least 4 members (excludes halogenated alkanes) is 37. The van der Waals surface area contributed by atoms with Gasteiger partial charge in [-0.15, -0.1) is 0 Å². The second kappa shape index (κ2) is 47.5. The van der Waals surface area contributed by atoms with Crippen molar-refractivity contribution in [1.82, 2.24) is 5.32 Å². The van der Waals surface area contributed by atoms with Gasteiger partial charge >= 0.3 is 5.97 Å². The van der Waals surface area contributed by atoms with Gasteiger partial charge in [-0.25, -0.2) is 0 Å². The standard InChI is InChI=1S/C51H101NO5/c1-3-5-7-9-11-13-24-29-33-37-41-45-51(56)57-46-42-38-34-30-26-23-21-19-17-15-16-18-20-22-25-28-32-36-40-44-50(55)52-48(47-53)49(54)43-39-35-31-27-14-12-10-8-6-4-2/h48-49,53-54H,3-47H2,1-2H3,(H,52,55). The largest absolute Gasteiger partial charge is 0.466 e. The van der Waals surface area contributed by atoms with Crippen LogP contribution in [-0.2, 0) is 14.3 Å². The maximum absolute atomic E-state index is 12.4. The van der Waals surface area contributed by atoms with Crippen LogP contribution in [0.5, 0.6) is 0 Å². The van der Waals surface area contributed by atoms with Crippen molar-refractivity contribution < 1.29 is 24.5 Å². The molecule has 340 valence electrons. The summed E-state index contributed by atoms with van der Waals surface area (Å²) in [6.07, 6.45) is 52.2. The molecule has 2 unspecified atom stereocenters. The summed E-state index contributed by atoms with van der Waals surface area (Å²) in [5.41, 5.74) is 0. The molecular formula is C51H101NO5. The van der Waals surface area contributed by atoms with Crippen molar-refractivity contribution in [3.63, 3.8) is 0 Å². The number of aliphatic hydroxyl groups excluding tert-OH is 2. The summed E-state index contributed by atoms with van der Waals surface area (Å²) in [7, 11) is 0. The predicted octanol–water partition coefficient (Wildman–Crippen LogP) is 15.2. The molecule has 2 atom stereocenters. The lowest BCUT2D eigenvalue weighted by molar-refractivity contribution is -0.143. The Hall–Kier alpha value is -1.14. The molecule has 0 rings (SSSR count). The lowest BCUT2D eigenvalue weighted by atomic mass is 10.0. The summed E-state index contributed by atoms with van der Waals surface area (Å²) in [5, 5.41) is 23.1. The van der Waals surface area contributed by atoms with Crippen LogP contribution in [-0.4, -0.2) is 47.4 Å². The van der Waals surface area contributed by atoms with E-state index in [4.69, 9.17) is 4.74 Å². The van der Waals surface area contributed by atoms with E-state index in [2.05, 4.69) is 19.2 Å². The molecule has 0 aromatic rings. The van der Waals surface area contributed by atoms with Gasteiger partial charge in [-0.2, -0.15) is 0 Å². The number of amides is 1. The van der Waals surface area contributed by atoms with Crippen molar-refractivity contribution in [2.24, 2.45) is 0 Å². The van der Waals surface area contributed by atoms with E-state index in [1.165, 1.54) is 218 Å². The van der Waals surface area contributed by atoms with Crippen molar-refractivity contribution >= 4 is 11.9 Å². The molecule has 0 bridgehead atoms. The molecule has 0 aromatic carbocycles. The van der Waals surface area contributed by atoms with Crippen LogP contribution < -0.4 is 5.32 Å². The Kier molecular flexibility index (Phi) is 46.6. The third-order valence-corrected chi connectivity index (χ3v) is 12.2. The zero-order chi connectivity index (χ0) is 41.5. The Bertz CT molecular complexity index is 806. The summed E-state index contributed by atoms with van der Waals surface area (Å²) >= 11 is 0. The van der Waals surface area contributed by atoms with Crippen LogP contribution in [0.1, 0.15) is 290 Å². The second-order valence-electron chi connectivity index (χ2n) is 17.9. The highest BCUT2D eigenvalue weighted by molar-refractivity contribution is 5.76. The fraction of sp³-hybridized carbons (Fsp3) is 0.961. The minimum absolute atomic E-state index is 0.00895. The summed E-state index contributed by atoms with van der Waals surface area (Å²) in [4.78, 5) is 24.4. The van der Waals surface area contributed by atoms with Crippen LogP contribution >= 0.6 is 0 Å². The Morgan fingerprint density at radius 1 is 0.421 bits per heavy atom. The highest BCUT2D eigenvalue weighted by Crippen LogP contribution is 2.17. The molecule has 6 nitrogen and oxygen atoms in total. The van der Waals surface area contributed by atoms with E-state index in [9.17, 15) is 19.8 Å². The van der Waals surface area contributed by atoms with Crippen LogP contribution in [0.2, 0.25) is 0 Å². The molecule has 0 spiro atoms. The molecule has 6 heteroatoms. The first-order valence-electron chi connectivity index (χ1n) is 25.8. The third-order valence-electron chi connectivity index (χ3n) is 12.2. The zero-order valence-electron chi connectivity index (χ0n) is 38.6. The van der Waals surface area contributed by atoms with E-state index >= 15 is 0 Å². The van der Waals surface area contributed by atoms with Gasteiger partial charge in [0.25, 0.3) is 0 Å². The number of esters is 1. The number of hydrogen-bond acceptors (Lipinski definition) is 5. The predicted molar refractivity (Wildman–Crippen MR) is 246 cm³/mol. The highest BCUT2D eigenvalue weighted by atomic mass is 16.5. The number of ether oxygens (including phenoxy) is 1. The van der Waals surface area contributed by atoms with E-state index in [0.29, 0.717) is 25.9 Å². The van der Waals surface area contributed by atoms with Crippen molar-refractivity contribution in [2.45, 2.75) is 302 Å². The highest BCUT2D eigenvalue weighted by Gasteiger charge is 2.20. The minimum Gasteiger partial charge on any atom is -0.466 e. The first kappa shape index (κ1) is 55.9. The van der Waals surface area contributed by atoms with Gasteiger partial charge in [0.2, 0.25) is 5.91 Å². The van der Waals surface area contributed by atoms with Gasteiger partial charge in [0, 0.05) is 12.8 Å². The smallest absolute Gasteiger partial charge is 0.305 e. The van der Waals surface area contributed by atoms with Gasteiger partial charge in [0.05, 0.1) is 25.4 Å². The number of nitrogens with one attached hydrogen (secondary N) is 1. The van der Waals surface area contributed by atoms with Crippen LogP contribution in [0.25, 0.3) is 0 Å². The van der Waals surface area contributed by atoms with Gasteiger partial charge < -0.3 is 20.3 Å². The van der Waals surface area contributed by atoms with E-state index in [1.807, 2.05) is 0 Å². The van der Waals surface area contributed by atoms with Crippen LogP contribution in [0, 0.1) is 0 Å². The number of hydrogen-bond donors (Lipinski definition) is 3. The molecule has 0 saturated carbocycles. The van der Waals surface area contributed by atoms with E-state index < -0.39 is 12.1 Å². The molecule has 0 saturated heterocycles. The molecule has 0 radical (unpaired) electrons. The normalized spacial score (nSPS) is 12.6. The van der Waals surface area contributed by atoms with Crippen LogP contribution in [0.15, 0.2) is 0 Å². The van der Waals surface area contributed by atoms with E-state index in [1.54, 1.807) is 0 Å². The fourth-order valence-electron chi connectivity index (χ4n) is 8.17. The van der Waals surface area contributed by atoms with Gasteiger partial charge in [0.1, 0.15) is 0 Å². The Balaban J connectivity index is 3.37. The van der Waals surface area contributed by atoms with E-state index in [0.717, 1.165) is 38.5 Å². The lowest BCUT2D eigenvalue weighted by Crippen LogP contribution is -2.45. The summed E-state index contributed by atoms with van der Waals surface area (Å²) in [6, 6.07) is -0.540. The number of carbonyl (C=O) groups excluding carboxylic acids is 2. The molecule has 3 N–H and O–H groups in total. The van der Waals surface area contributed by atoms with Crippen molar-refractivity contribution in [2.75, 3.05) is 13.2 Å². The number of aliphatic hydroxyl groups is 2. The molecule has 0 heterocycles. The summed E-state index contributed by atoms with van der Waals surface area (Å²) in [6.45, 7) is 4.94. The maximum Gasteiger partial charge on any atom is 0.305 e. The second-order valence-corrected chi connectivity index (χ2v) is 17.9. The van der Waals surface area contributed by atoms with Crippen molar-refractivity contribution in [1.29, 1.82) is 0 Å².